The molecule has 0 saturated heterocycles. The first-order chi connectivity index (χ1) is 19.6. The number of thiocarbonyl (C=S) groups is 1. The predicted octanol–water partition coefficient (Wildman–Crippen LogP) is 10.2. The highest BCUT2D eigenvalue weighted by molar-refractivity contribution is 7.80. The van der Waals surface area contributed by atoms with E-state index in [0.717, 1.165) is 36.5 Å². The fraction of sp³-hybridized carbons (Fsp3) is 0.889. The Morgan fingerprint density at radius 1 is 0.951 bits per heavy atom. The van der Waals surface area contributed by atoms with Crippen molar-refractivity contribution in [2.24, 2.45) is 51.4 Å². The second-order valence-electron chi connectivity index (χ2n) is 15.9. The quantitative estimate of drug-likeness (QED) is 0.173. The van der Waals surface area contributed by atoms with Gasteiger partial charge in [-0.2, -0.15) is 5.10 Å². The van der Waals surface area contributed by atoms with Gasteiger partial charge in [-0.1, -0.05) is 91.6 Å². The zero-order chi connectivity index (χ0) is 29.2. The van der Waals surface area contributed by atoms with Gasteiger partial charge in [-0.25, -0.2) is 0 Å². The van der Waals surface area contributed by atoms with Gasteiger partial charge in [0.1, 0.15) is 0 Å². The van der Waals surface area contributed by atoms with Gasteiger partial charge in [0.15, 0.2) is 5.11 Å². The molecule has 2 N–H and O–H groups in total. The van der Waals surface area contributed by atoms with Crippen LogP contribution in [-0.2, 0) is 0 Å². The molecule has 4 saturated carbocycles. The summed E-state index contributed by atoms with van der Waals surface area (Å²) in [6.07, 6.45) is 24.7. The van der Waals surface area contributed by atoms with E-state index >= 15 is 0 Å². The van der Waals surface area contributed by atoms with E-state index in [-0.39, 0.29) is 10.8 Å². The summed E-state index contributed by atoms with van der Waals surface area (Å²) in [5.74, 6) is 4.39. The lowest BCUT2D eigenvalue weighted by molar-refractivity contribution is -0.0213. The topological polar surface area (TPSA) is 36.4 Å². The van der Waals surface area contributed by atoms with Crippen LogP contribution in [0, 0.1) is 46.3 Å². The summed E-state index contributed by atoms with van der Waals surface area (Å²) in [5.41, 5.74) is 6.91. The van der Waals surface area contributed by atoms with Crippen molar-refractivity contribution in [1.82, 2.24) is 10.7 Å². The summed E-state index contributed by atoms with van der Waals surface area (Å²) in [4.78, 5) is 0. The Bertz CT molecular complexity index is 968. The number of nitrogens with zero attached hydrogens (tertiary/aromatic N) is 1. The molecule has 0 aromatic carbocycles. The third-order valence-corrected chi connectivity index (χ3v) is 13.4. The van der Waals surface area contributed by atoms with E-state index in [9.17, 15) is 0 Å². The van der Waals surface area contributed by atoms with Crippen molar-refractivity contribution < 1.29 is 0 Å². The number of rotatable bonds is 7. The highest BCUT2D eigenvalue weighted by Gasteiger charge is 2.60. The Kier molecular flexibility index (Phi) is 10.5. The Labute approximate surface area is 262 Å². The average molecular weight is 602 g/mol. The number of nitrogens with one attached hydrogen (secondary N) is 2. The zero-order valence-electron chi connectivity index (χ0n) is 27.0. The Morgan fingerprint density at radius 2 is 1.68 bits per heavy atom. The molecule has 0 radical (unpaired) electrons. The van der Waals surface area contributed by atoms with Crippen molar-refractivity contribution in [3.05, 3.63) is 11.6 Å². The number of hydrazone groups is 1. The molecule has 0 unspecified atom stereocenters. The van der Waals surface area contributed by atoms with Gasteiger partial charge < -0.3 is 5.32 Å². The van der Waals surface area contributed by atoms with Crippen LogP contribution in [0.4, 0.5) is 0 Å². The van der Waals surface area contributed by atoms with Crippen molar-refractivity contribution in [1.29, 1.82) is 0 Å². The van der Waals surface area contributed by atoms with E-state index in [4.69, 9.17) is 28.9 Å². The van der Waals surface area contributed by atoms with Crippen molar-refractivity contribution in [3.8, 4) is 0 Å². The van der Waals surface area contributed by atoms with E-state index in [1.807, 2.05) is 0 Å². The average Bonchev–Trinajstić information content (AvgIpc) is 3.26. The second kappa shape index (κ2) is 13.6. The zero-order valence-corrected chi connectivity index (χ0v) is 28.5. The molecule has 8 atom stereocenters. The molecule has 5 aliphatic carbocycles. The first-order valence-electron chi connectivity index (χ1n) is 17.6. The molecule has 232 valence electrons. The normalized spacial score (nSPS) is 39.6. The molecule has 3 nitrogen and oxygen atoms in total. The minimum atomic E-state index is 0.263. The van der Waals surface area contributed by atoms with Crippen LogP contribution in [0.1, 0.15) is 144 Å². The van der Waals surface area contributed by atoms with E-state index in [0.29, 0.717) is 28.4 Å². The van der Waals surface area contributed by atoms with Gasteiger partial charge in [-0.3, -0.25) is 5.43 Å². The monoisotopic (exact) mass is 601 g/mol. The van der Waals surface area contributed by atoms with Crippen molar-refractivity contribution in [2.75, 3.05) is 0 Å². The van der Waals surface area contributed by atoms with Crippen LogP contribution in [-0.4, -0.2) is 22.2 Å². The van der Waals surface area contributed by atoms with E-state index in [1.54, 1.807) is 5.57 Å². The number of alkyl halides is 1. The molecule has 0 aromatic rings. The standard InChI is InChI=1S/C36H60ClN3S/c1-24(2)12-11-13-25(3)29-16-17-30-33-31(19-21-36(29,30)5)35(4)20-18-27(37)22-26(35)23-32(33)39-40-34(41)38-28-14-9-7-6-8-10-15-28/h23-25,27-31,33H,6-22H2,1-5H3,(H2,38,40,41)/b39-32+/t25-,27+,29-,30+,31+,33+,35+,36-/m1/s1. The molecule has 0 spiro atoms. The molecule has 0 heterocycles. The van der Waals surface area contributed by atoms with Crippen LogP contribution in [0.15, 0.2) is 16.8 Å². The lowest BCUT2D eigenvalue weighted by Gasteiger charge is -2.58. The number of hydrogen-bond acceptors (Lipinski definition) is 2. The molecule has 0 aromatic heterocycles. The molecule has 0 amide bonds. The maximum Gasteiger partial charge on any atom is 0.187 e. The third-order valence-electron chi connectivity index (χ3n) is 12.8. The molecule has 41 heavy (non-hydrogen) atoms. The molecule has 0 aliphatic heterocycles. The summed E-state index contributed by atoms with van der Waals surface area (Å²) in [6.45, 7) is 12.6. The first-order valence-corrected chi connectivity index (χ1v) is 18.5. The molecule has 5 rings (SSSR count). The van der Waals surface area contributed by atoms with Gasteiger partial charge in [0, 0.05) is 17.3 Å². The van der Waals surface area contributed by atoms with E-state index in [2.05, 4.69) is 51.4 Å². The summed E-state index contributed by atoms with van der Waals surface area (Å²) in [5, 5.41) is 9.82. The molecular formula is C36H60ClN3S. The maximum atomic E-state index is 6.78. The number of allylic oxidation sites excluding steroid dienone is 2. The van der Waals surface area contributed by atoms with Crippen LogP contribution in [0.3, 0.4) is 0 Å². The van der Waals surface area contributed by atoms with Crippen molar-refractivity contribution >= 4 is 34.6 Å². The van der Waals surface area contributed by atoms with Crippen molar-refractivity contribution in [3.63, 3.8) is 0 Å². The fourth-order valence-electron chi connectivity index (χ4n) is 10.4. The largest absolute Gasteiger partial charge is 0.359 e. The minimum Gasteiger partial charge on any atom is -0.359 e. The van der Waals surface area contributed by atoms with Gasteiger partial charge in [0.05, 0.1) is 5.71 Å². The summed E-state index contributed by atoms with van der Waals surface area (Å²) < 4.78 is 0. The number of fused-ring (bicyclic) bond motifs is 5. The Balaban J connectivity index is 1.37. The second-order valence-corrected chi connectivity index (χ2v) is 16.9. The molecule has 5 heteroatoms. The van der Waals surface area contributed by atoms with Crippen molar-refractivity contribution in [2.45, 2.75) is 155 Å². The van der Waals surface area contributed by atoms with Gasteiger partial charge >= 0.3 is 0 Å². The fourth-order valence-corrected chi connectivity index (χ4v) is 10.9. The predicted molar refractivity (Wildman–Crippen MR) is 180 cm³/mol. The van der Waals surface area contributed by atoms with Crippen LogP contribution in [0.2, 0.25) is 0 Å². The smallest absolute Gasteiger partial charge is 0.187 e. The lowest BCUT2D eigenvalue weighted by Crippen LogP contribution is -2.54. The third kappa shape index (κ3) is 6.89. The highest BCUT2D eigenvalue weighted by atomic mass is 35.5. The molecular weight excluding hydrogens is 542 g/mol. The van der Waals surface area contributed by atoms with Gasteiger partial charge in [-0.15, -0.1) is 11.6 Å². The molecule has 4 fully saturated rings. The van der Waals surface area contributed by atoms with Crippen LogP contribution < -0.4 is 10.7 Å². The van der Waals surface area contributed by atoms with Crippen LogP contribution in [0.25, 0.3) is 0 Å². The number of hydrogen-bond donors (Lipinski definition) is 2. The Hall–Kier alpha value is -0.610. The van der Waals surface area contributed by atoms with E-state index < -0.39 is 0 Å². The Morgan fingerprint density at radius 3 is 2.41 bits per heavy atom. The summed E-state index contributed by atoms with van der Waals surface area (Å²) in [6, 6.07) is 0.484. The first kappa shape index (κ1) is 31.8. The maximum absolute atomic E-state index is 6.78. The molecule has 0 bridgehead atoms. The molecule has 5 aliphatic rings. The lowest BCUT2D eigenvalue weighted by atomic mass is 9.46. The summed E-state index contributed by atoms with van der Waals surface area (Å²) >= 11 is 12.6. The van der Waals surface area contributed by atoms with E-state index in [1.165, 1.54) is 102 Å². The van der Waals surface area contributed by atoms with Crippen LogP contribution >= 0.6 is 23.8 Å². The van der Waals surface area contributed by atoms with Gasteiger partial charge in [0.2, 0.25) is 0 Å². The minimum absolute atomic E-state index is 0.263. The summed E-state index contributed by atoms with van der Waals surface area (Å²) in [7, 11) is 0. The van der Waals surface area contributed by atoms with Crippen LogP contribution in [0.5, 0.6) is 0 Å². The van der Waals surface area contributed by atoms with Gasteiger partial charge in [-0.05, 0) is 117 Å². The highest BCUT2D eigenvalue weighted by Crippen LogP contribution is 2.67. The van der Waals surface area contributed by atoms with Gasteiger partial charge in [0.25, 0.3) is 0 Å². The SMILES string of the molecule is CC(C)CCC[C@@H](C)[C@H]1CC[C@H]2[C@@H]3/C(=N/NC(=S)NC4CCCCCCC4)C=C4C[C@@H](Cl)CC[C@]4(C)[C@H]3CC[C@]12C. The number of halogens is 1.